The van der Waals surface area contributed by atoms with Gasteiger partial charge in [-0.05, 0) is 117 Å². The topological polar surface area (TPSA) is 112 Å². The molecule has 0 radical (unpaired) electrons. The molecule has 0 spiro atoms. The monoisotopic (exact) mass is 758 g/mol. The third-order valence-electron chi connectivity index (χ3n) is 11.8. The van der Waals surface area contributed by atoms with E-state index >= 15 is 0 Å². The number of likely N-dealkylation sites (N-methyl/N-ethyl adjacent to an activating group) is 1. The number of rotatable bonds is 14. The Morgan fingerprint density at radius 1 is 0.857 bits per heavy atom. The predicted molar refractivity (Wildman–Crippen MR) is 218 cm³/mol. The lowest BCUT2D eigenvalue weighted by atomic mass is 9.69. The fourth-order valence-corrected chi connectivity index (χ4v) is 8.78. The number of phenolic OH excluding ortho intramolecular Hbond substituents is 1. The second-order valence-electron chi connectivity index (χ2n) is 15.2. The SMILES string of the molecule is CCN(C(=O)c1ccc(N2CCN(CCCCCOc3ccc([C@@H]4c5ccc(O)cc5CC[C@@H]4c4ccccc4)cc3)CC2)cc1OC)[C@@H]1CCC(=O)NC1=O. The lowest BCUT2D eigenvalue weighted by molar-refractivity contribution is -0.136. The summed E-state index contributed by atoms with van der Waals surface area (Å²) in [5, 5.41) is 12.5. The van der Waals surface area contributed by atoms with E-state index in [0.29, 0.717) is 42.6 Å². The molecule has 2 fully saturated rings. The molecule has 4 aromatic carbocycles. The van der Waals surface area contributed by atoms with Crippen molar-refractivity contribution in [3.05, 3.63) is 119 Å². The predicted octanol–water partition coefficient (Wildman–Crippen LogP) is 6.90. The van der Waals surface area contributed by atoms with Crippen LogP contribution >= 0.6 is 0 Å². The van der Waals surface area contributed by atoms with Crippen molar-refractivity contribution in [3.8, 4) is 17.2 Å². The Morgan fingerprint density at radius 2 is 1.64 bits per heavy atom. The highest BCUT2D eigenvalue weighted by Gasteiger charge is 2.35. The van der Waals surface area contributed by atoms with Gasteiger partial charge in [-0.3, -0.25) is 24.6 Å². The minimum absolute atomic E-state index is 0.217. The molecule has 3 amide bonds. The van der Waals surface area contributed by atoms with E-state index < -0.39 is 11.9 Å². The summed E-state index contributed by atoms with van der Waals surface area (Å²) in [6, 6.07) is 30.3. The highest BCUT2D eigenvalue weighted by Crippen LogP contribution is 2.47. The number of hydrogen-bond donors (Lipinski definition) is 2. The molecule has 3 atom stereocenters. The highest BCUT2D eigenvalue weighted by atomic mass is 16.5. The summed E-state index contributed by atoms with van der Waals surface area (Å²) in [7, 11) is 1.56. The number of fused-ring (bicyclic) bond motifs is 1. The van der Waals surface area contributed by atoms with Crippen molar-refractivity contribution < 1.29 is 29.0 Å². The van der Waals surface area contributed by atoms with E-state index in [1.807, 2.05) is 31.2 Å². The summed E-state index contributed by atoms with van der Waals surface area (Å²) in [5.41, 5.74) is 6.58. The van der Waals surface area contributed by atoms with Crippen molar-refractivity contribution >= 4 is 23.4 Å². The molecular formula is C46H54N4O6. The minimum Gasteiger partial charge on any atom is -0.508 e. The number of amides is 3. The lowest BCUT2D eigenvalue weighted by Crippen LogP contribution is -2.54. The number of unbranched alkanes of at least 4 members (excludes halogenated alkanes) is 2. The summed E-state index contributed by atoms with van der Waals surface area (Å²) in [4.78, 5) is 44.1. The van der Waals surface area contributed by atoms with E-state index in [2.05, 4.69) is 75.8 Å². The van der Waals surface area contributed by atoms with Crippen LogP contribution in [0, 0.1) is 0 Å². The number of benzene rings is 4. The quantitative estimate of drug-likeness (QED) is 0.106. The zero-order valence-electron chi connectivity index (χ0n) is 32.6. The Bertz CT molecular complexity index is 1980. The molecule has 3 aliphatic rings. The molecule has 1 aliphatic carbocycles. The zero-order chi connectivity index (χ0) is 39.0. The lowest BCUT2D eigenvalue weighted by Gasteiger charge is -2.36. The second kappa shape index (κ2) is 18.1. The molecule has 10 nitrogen and oxygen atoms in total. The number of aromatic hydroxyl groups is 1. The number of methoxy groups -OCH3 is 1. The minimum atomic E-state index is -0.675. The van der Waals surface area contributed by atoms with Gasteiger partial charge in [-0.25, -0.2) is 0 Å². The molecule has 294 valence electrons. The molecule has 0 bridgehead atoms. The molecule has 0 saturated carbocycles. The molecule has 2 aliphatic heterocycles. The smallest absolute Gasteiger partial charge is 0.258 e. The van der Waals surface area contributed by atoms with Gasteiger partial charge in [0.2, 0.25) is 11.8 Å². The largest absolute Gasteiger partial charge is 0.508 e. The van der Waals surface area contributed by atoms with Gasteiger partial charge < -0.3 is 24.4 Å². The third kappa shape index (κ3) is 8.86. The van der Waals surface area contributed by atoms with Crippen molar-refractivity contribution in [1.82, 2.24) is 15.1 Å². The summed E-state index contributed by atoms with van der Waals surface area (Å²) in [6.45, 7) is 7.61. The molecule has 4 aromatic rings. The molecule has 2 heterocycles. The Labute approximate surface area is 330 Å². The van der Waals surface area contributed by atoms with E-state index in [-0.39, 0.29) is 24.2 Å². The molecule has 10 heteroatoms. The van der Waals surface area contributed by atoms with E-state index in [9.17, 15) is 19.5 Å². The Kier molecular flexibility index (Phi) is 12.6. The number of nitrogens with one attached hydrogen (secondary N) is 1. The number of piperazine rings is 1. The van der Waals surface area contributed by atoms with Gasteiger partial charge >= 0.3 is 0 Å². The van der Waals surface area contributed by atoms with Crippen LogP contribution in [0.25, 0.3) is 0 Å². The van der Waals surface area contributed by atoms with Crippen molar-refractivity contribution in [2.45, 2.75) is 69.7 Å². The molecule has 7 rings (SSSR count). The number of anilines is 1. The number of nitrogens with zero attached hydrogens (tertiary/aromatic N) is 3. The molecule has 56 heavy (non-hydrogen) atoms. The van der Waals surface area contributed by atoms with E-state index in [1.165, 1.54) is 27.2 Å². The summed E-state index contributed by atoms with van der Waals surface area (Å²) < 4.78 is 11.8. The number of carbonyl (C=O) groups excluding carboxylic acids is 3. The number of aryl methyl sites for hydroxylation is 1. The number of carbonyl (C=O) groups is 3. The average molecular weight is 759 g/mol. The van der Waals surface area contributed by atoms with Crippen LogP contribution in [0.3, 0.4) is 0 Å². The highest BCUT2D eigenvalue weighted by molar-refractivity contribution is 6.04. The maximum atomic E-state index is 13.6. The average Bonchev–Trinajstić information content (AvgIpc) is 3.23. The van der Waals surface area contributed by atoms with Crippen LogP contribution in [0.2, 0.25) is 0 Å². The summed E-state index contributed by atoms with van der Waals surface area (Å²) >= 11 is 0. The van der Waals surface area contributed by atoms with E-state index in [0.717, 1.165) is 76.3 Å². The van der Waals surface area contributed by atoms with Crippen LogP contribution in [-0.2, 0) is 16.0 Å². The van der Waals surface area contributed by atoms with Gasteiger partial charge in [0.15, 0.2) is 0 Å². The van der Waals surface area contributed by atoms with Gasteiger partial charge in [0.1, 0.15) is 23.3 Å². The first-order valence-electron chi connectivity index (χ1n) is 20.2. The first-order chi connectivity index (χ1) is 27.3. The fourth-order valence-electron chi connectivity index (χ4n) is 8.78. The van der Waals surface area contributed by atoms with Gasteiger partial charge in [-0.15, -0.1) is 0 Å². The fraction of sp³-hybridized carbons (Fsp3) is 0.413. The number of imide groups is 1. The van der Waals surface area contributed by atoms with Crippen molar-refractivity contribution in [2.24, 2.45) is 0 Å². The van der Waals surface area contributed by atoms with Crippen molar-refractivity contribution in [2.75, 3.05) is 57.9 Å². The number of hydrogen-bond acceptors (Lipinski definition) is 8. The zero-order valence-corrected chi connectivity index (χ0v) is 32.6. The van der Waals surface area contributed by atoms with Crippen LogP contribution in [0.15, 0.2) is 91.0 Å². The van der Waals surface area contributed by atoms with Crippen LogP contribution < -0.4 is 19.7 Å². The molecule has 2 saturated heterocycles. The van der Waals surface area contributed by atoms with Gasteiger partial charge in [-0.2, -0.15) is 0 Å². The summed E-state index contributed by atoms with van der Waals surface area (Å²) in [6.07, 6.45) is 5.76. The van der Waals surface area contributed by atoms with Crippen LogP contribution in [0.1, 0.15) is 89.9 Å². The van der Waals surface area contributed by atoms with Crippen LogP contribution in [-0.4, -0.2) is 91.7 Å². The van der Waals surface area contributed by atoms with Gasteiger partial charge in [0.25, 0.3) is 5.91 Å². The van der Waals surface area contributed by atoms with E-state index in [4.69, 9.17) is 9.47 Å². The number of ether oxygens (including phenoxy) is 2. The molecule has 0 aromatic heterocycles. The van der Waals surface area contributed by atoms with Crippen LogP contribution in [0.4, 0.5) is 5.69 Å². The number of phenols is 1. The van der Waals surface area contributed by atoms with Gasteiger partial charge in [0, 0.05) is 56.8 Å². The third-order valence-corrected chi connectivity index (χ3v) is 11.8. The van der Waals surface area contributed by atoms with Gasteiger partial charge in [-0.1, -0.05) is 48.5 Å². The van der Waals surface area contributed by atoms with Crippen molar-refractivity contribution in [1.29, 1.82) is 0 Å². The van der Waals surface area contributed by atoms with Gasteiger partial charge in [0.05, 0.1) is 19.3 Å². The normalized spacial score (nSPS) is 19.9. The molecular weight excluding hydrogens is 705 g/mol. The first kappa shape index (κ1) is 38.9. The second-order valence-corrected chi connectivity index (χ2v) is 15.2. The Hall–Kier alpha value is -5.35. The maximum absolute atomic E-state index is 13.6. The first-order valence-corrected chi connectivity index (χ1v) is 20.2. The Morgan fingerprint density at radius 3 is 2.38 bits per heavy atom. The molecule has 2 N–H and O–H groups in total. The van der Waals surface area contributed by atoms with Crippen LogP contribution in [0.5, 0.6) is 17.2 Å². The molecule has 0 unspecified atom stereocenters. The Balaban J connectivity index is 0.850. The van der Waals surface area contributed by atoms with Crippen molar-refractivity contribution in [3.63, 3.8) is 0 Å². The standard InChI is InChI=1S/C46H54N4O6/c1-3-50(41-22-23-43(52)47-45(41)53)46(54)40-20-15-35(31-42(40)55-2)49-27-25-48(26-28-49)24-8-5-9-29-56-37-17-12-33(13-18-37)44-38(32-10-6-4-7-11-32)19-14-34-30-36(51)16-21-39(34)44/h4,6-7,10-13,15-18,20-21,30-31,38,41,44,51H,3,5,8-9,14,19,22-29H2,1-2H3,(H,47,52,53)/t38-,41-,44+/m1/s1. The number of piperidine rings is 1. The summed E-state index contributed by atoms with van der Waals surface area (Å²) in [5.74, 6) is 1.30. The van der Waals surface area contributed by atoms with E-state index in [1.54, 1.807) is 13.2 Å². The maximum Gasteiger partial charge on any atom is 0.258 e.